The van der Waals surface area contributed by atoms with Gasteiger partial charge in [0.25, 0.3) is 0 Å². The summed E-state index contributed by atoms with van der Waals surface area (Å²) in [5.41, 5.74) is 2.07. The number of hydrogen-bond acceptors (Lipinski definition) is 2. The van der Waals surface area contributed by atoms with Crippen molar-refractivity contribution in [2.75, 3.05) is 0 Å². The van der Waals surface area contributed by atoms with Gasteiger partial charge in [-0.3, -0.25) is 9.48 Å². The van der Waals surface area contributed by atoms with Crippen LogP contribution in [0.15, 0.2) is 28.9 Å². The Bertz CT molecular complexity index is 587. The van der Waals surface area contributed by atoms with Crippen molar-refractivity contribution in [3.8, 4) is 0 Å². The van der Waals surface area contributed by atoms with Crippen molar-refractivity contribution in [2.45, 2.75) is 20.4 Å². The van der Waals surface area contributed by atoms with E-state index in [-0.39, 0.29) is 5.78 Å². The summed E-state index contributed by atoms with van der Waals surface area (Å²) in [6, 6.07) is 5.59. The lowest BCUT2D eigenvalue weighted by Gasteiger charge is -2.06. The molecule has 1 heterocycles. The molecule has 0 amide bonds. The normalized spacial score (nSPS) is 10.7. The fourth-order valence-corrected chi connectivity index (χ4v) is 2.67. The topological polar surface area (TPSA) is 34.9 Å². The molecule has 0 fully saturated rings. The van der Waals surface area contributed by atoms with Crippen molar-refractivity contribution >= 4 is 33.3 Å². The Hall–Kier alpha value is -1.13. The number of carbonyl (C=O) groups is 1. The first kappa shape index (κ1) is 13.3. The largest absolute Gasteiger partial charge is 0.287 e. The summed E-state index contributed by atoms with van der Waals surface area (Å²) in [4.78, 5) is 12.4. The van der Waals surface area contributed by atoms with Gasteiger partial charge in [-0.25, -0.2) is 0 Å². The Morgan fingerprint density at radius 2 is 2.17 bits per heavy atom. The van der Waals surface area contributed by atoms with E-state index < -0.39 is 0 Å². The number of aromatic nitrogens is 2. The van der Waals surface area contributed by atoms with Gasteiger partial charge in [0.1, 0.15) is 5.69 Å². The number of benzene rings is 1. The van der Waals surface area contributed by atoms with Gasteiger partial charge in [0.15, 0.2) is 0 Å². The van der Waals surface area contributed by atoms with Crippen LogP contribution in [-0.2, 0) is 6.54 Å². The minimum Gasteiger partial charge on any atom is -0.287 e. The van der Waals surface area contributed by atoms with Gasteiger partial charge in [0, 0.05) is 16.6 Å². The lowest BCUT2D eigenvalue weighted by molar-refractivity contribution is 0.102. The Balaban J connectivity index is 2.50. The van der Waals surface area contributed by atoms with Crippen LogP contribution in [0.2, 0.25) is 5.02 Å². The van der Waals surface area contributed by atoms with E-state index in [0.717, 1.165) is 10.0 Å². The summed E-state index contributed by atoms with van der Waals surface area (Å²) in [5, 5.41) is 4.47. The van der Waals surface area contributed by atoms with Crippen LogP contribution < -0.4 is 0 Å². The average molecular weight is 328 g/mol. The molecule has 0 aliphatic heterocycles. The summed E-state index contributed by atoms with van der Waals surface area (Å²) in [7, 11) is 0. The fourth-order valence-electron chi connectivity index (χ4n) is 1.83. The monoisotopic (exact) mass is 326 g/mol. The molecule has 2 aromatic rings. The highest BCUT2D eigenvalue weighted by molar-refractivity contribution is 9.10. The molecule has 1 aromatic heterocycles. The van der Waals surface area contributed by atoms with E-state index in [9.17, 15) is 4.79 Å². The standard InChI is InChI=1S/C13H12BrClN2O/c1-3-17-12(11(15)7-16-17)13(18)9-4-8(2)5-10(14)6-9/h4-7H,3H2,1-2H3. The molecule has 0 atom stereocenters. The summed E-state index contributed by atoms with van der Waals surface area (Å²) in [6.07, 6.45) is 1.50. The van der Waals surface area contributed by atoms with Crippen molar-refractivity contribution in [2.24, 2.45) is 0 Å². The van der Waals surface area contributed by atoms with Crippen LogP contribution in [0.4, 0.5) is 0 Å². The minimum absolute atomic E-state index is 0.108. The molecular weight excluding hydrogens is 316 g/mol. The molecular formula is C13H12BrClN2O. The predicted octanol–water partition coefficient (Wildman–Crippen LogP) is 3.86. The van der Waals surface area contributed by atoms with Crippen LogP contribution in [0, 0.1) is 6.92 Å². The third-order valence-corrected chi connectivity index (χ3v) is 3.35. The van der Waals surface area contributed by atoms with Crippen LogP contribution >= 0.6 is 27.5 Å². The molecule has 94 valence electrons. The molecule has 0 spiro atoms. The highest BCUT2D eigenvalue weighted by Crippen LogP contribution is 2.22. The molecule has 1 aromatic carbocycles. The summed E-state index contributed by atoms with van der Waals surface area (Å²) in [6.45, 7) is 4.48. The van der Waals surface area contributed by atoms with E-state index in [2.05, 4.69) is 21.0 Å². The Morgan fingerprint density at radius 1 is 1.44 bits per heavy atom. The second kappa shape index (κ2) is 5.24. The van der Waals surface area contributed by atoms with E-state index >= 15 is 0 Å². The molecule has 0 saturated carbocycles. The number of nitrogens with zero attached hydrogens (tertiary/aromatic N) is 2. The molecule has 18 heavy (non-hydrogen) atoms. The molecule has 0 saturated heterocycles. The highest BCUT2D eigenvalue weighted by Gasteiger charge is 2.19. The zero-order valence-electron chi connectivity index (χ0n) is 10.1. The smallest absolute Gasteiger partial charge is 0.212 e. The summed E-state index contributed by atoms with van der Waals surface area (Å²) in [5.74, 6) is -0.108. The summed E-state index contributed by atoms with van der Waals surface area (Å²) >= 11 is 9.42. The molecule has 0 aliphatic rings. The lowest BCUT2D eigenvalue weighted by atomic mass is 10.1. The first-order valence-corrected chi connectivity index (χ1v) is 6.73. The zero-order chi connectivity index (χ0) is 13.3. The number of hydrogen-bond donors (Lipinski definition) is 0. The van der Waals surface area contributed by atoms with Gasteiger partial charge in [0.2, 0.25) is 5.78 Å². The quantitative estimate of drug-likeness (QED) is 0.802. The van der Waals surface area contributed by atoms with Gasteiger partial charge in [-0.1, -0.05) is 27.5 Å². The van der Waals surface area contributed by atoms with Crippen LogP contribution in [0.1, 0.15) is 28.5 Å². The van der Waals surface area contributed by atoms with Gasteiger partial charge in [0.05, 0.1) is 11.2 Å². The number of ketones is 1. The van der Waals surface area contributed by atoms with E-state index in [0.29, 0.717) is 22.8 Å². The SMILES string of the molecule is CCn1ncc(Cl)c1C(=O)c1cc(C)cc(Br)c1. The predicted molar refractivity (Wildman–Crippen MR) is 75.2 cm³/mol. The fraction of sp³-hybridized carbons (Fsp3) is 0.231. The number of aryl methyl sites for hydroxylation is 2. The van der Waals surface area contributed by atoms with Gasteiger partial charge < -0.3 is 0 Å². The van der Waals surface area contributed by atoms with Crippen molar-refractivity contribution < 1.29 is 4.79 Å². The maximum atomic E-state index is 12.4. The van der Waals surface area contributed by atoms with Crippen LogP contribution in [0.3, 0.4) is 0 Å². The minimum atomic E-state index is -0.108. The lowest BCUT2D eigenvalue weighted by Crippen LogP contribution is -2.11. The van der Waals surface area contributed by atoms with E-state index in [4.69, 9.17) is 11.6 Å². The van der Waals surface area contributed by atoms with Gasteiger partial charge in [-0.15, -0.1) is 0 Å². The second-order valence-corrected chi connectivity index (χ2v) is 5.33. The second-order valence-electron chi connectivity index (χ2n) is 4.00. The molecule has 0 aliphatic carbocycles. The zero-order valence-corrected chi connectivity index (χ0v) is 12.4. The van der Waals surface area contributed by atoms with Crippen LogP contribution in [0.5, 0.6) is 0 Å². The number of carbonyl (C=O) groups excluding carboxylic acids is 1. The maximum Gasteiger partial charge on any atom is 0.212 e. The first-order chi connectivity index (χ1) is 8.52. The third-order valence-electron chi connectivity index (χ3n) is 2.61. The van der Waals surface area contributed by atoms with E-state index in [1.807, 2.05) is 26.0 Å². The van der Waals surface area contributed by atoms with Gasteiger partial charge in [-0.05, 0) is 37.6 Å². The molecule has 3 nitrogen and oxygen atoms in total. The summed E-state index contributed by atoms with van der Waals surface area (Å²) < 4.78 is 2.49. The van der Waals surface area contributed by atoms with Gasteiger partial charge >= 0.3 is 0 Å². The number of rotatable bonds is 3. The molecule has 0 unspecified atom stereocenters. The van der Waals surface area contributed by atoms with Crippen LogP contribution in [-0.4, -0.2) is 15.6 Å². The number of halogens is 2. The van der Waals surface area contributed by atoms with Crippen molar-refractivity contribution in [1.29, 1.82) is 0 Å². The molecule has 0 radical (unpaired) electrons. The maximum absolute atomic E-state index is 12.4. The molecule has 0 N–H and O–H groups in total. The van der Waals surface area contributed by atoms with Crippen molar-refractivity contribution in [1.82, 2.24) is 9.78 Å². The van der Waals surface area contributed by atoms with Crippen LogP contribution in [0.25, 0.3) is 0 Å². The van der Waals surface area contributed by atoms with Gasteiger partial charge in [-0.2, -0.15) is 5.10 Å². The third kappa shape index (κ3) is 2.49. The average Bonchev–Trinajstić information content (AvgIpc) is 2.68. The Labute approximate surface area is 119 Å². The molecule has 5 heteroatoms. The molecule has 0 bridgehead atoms. The Morgan fingerprint density at radius 3 is 2.78 bits per heavy atom. The van der Waals surface area contributed by atoms with Crippen molar-refractivity contribution in [3.05, 3.63) is 50.7 Å². The van der Waals surface area contributed by atoms with E-state index in [1.54, 1.807) is 10.7 Å². The Kier molecular flexibility index (Phi) is 3.88. The molecule has 2 rings (SSSR count). The first-order valence-electron chi connectivity index (χ1n) is 5.56. The van der Waals surface area contributed by atoms with Crippen molar-refractivity contribution in [3.63, 3.8) is 0 Å². The highest BCUT2D eigenvalue weighted by atomic mass is 79.9. The van der Waals surface area contributed by atoms with E-state index in [1.165, 1.54) is 6.20 Å².